The second-order valence-electron chi connectivity index (χ2n) is 7.66. The molecule has 0 radical (unpaired) electrons. The van der Waals surface area contributed by atoms with Crippen LogP contribution in [0.25, 0.3) is 27.9 Å². The van der Waals surface area contributed by atoms with E-state index in [1.165, 1.54) is 18.2 Å². The number of hydrogen-bond acceptors (Lipinski definition) is 6. The third-order valence-electron chi connectivity index (χ3n) is 5.42. The number of aromatic nitrogens is 3. The minimum Gasteiger partial charge on any atom is -0.384 e. The number of nitrogens with zero attached hydrogens (tertiary/aromatic N) is 4. The Hall–Kier alpha value is -4.13. The van der Waals surface area contributed by atoms with E-state index in [2.05, 4.69) is 20.8 Å². The summed E-state index contributed by atoms with van der Waals surface area (Å²) in [5.74, 6) is 0.133. The van der Waals surface area contributed by atoms with E-state index in [1.807, 2.05) is 25.1 Å². The van der Waals surface area contributed by atoms with Crippen LogP contribution in [0.1, 0.15) is 11.1 Å². The van der Waals surface area contributed by atoms with Gasteiger partial charge in [-0.25, -0.2) is 18.4 Å². The largest absolute Gasteiger partial charge is 0.384 e. The summed E-state index contributed by atoms with van der Waals surface area (Å²) in [5.41, 5.74) is 10.1. The van der Waals surface area contributed by atoms with Gasteiger partial charge in [0.1, 0.15) is 23.0 Å². The maximum atomic E-state index is 13.1. The zero-order valence-electron chi connectivity index (χ0n) is 17.8. The summed E-state index contributed by atoms with van der Waals surface area (Å²) in [4.78, 5) is 9.29. The molecule has 3 aromatic carbocycles. The Kier molecular flexibility index (Phi) is 5.12. The maximum Gasteiger partial charge on any atom is 0.261 e. The number of sulfonamides is 1. The average Bonchev–Trinajstić information content (AvgIpc) is 3.07. The first-order valence-electron chi connectivity index (χ1n) is 10.1. The number of anilines is 2. The number of hydrogen-bond donors (Lipinski definition) is 2. The molecule has 3 N–H and O–H groups in total. The fourth-order valence-corrected chi connectivity index (χ4v) is 5.04. The lowest BCUT2D eigenvalue weighted by Crippen LogP contribution is -2.14. The van der Waals surface area contributed by atoms with Crippen molar-refractivity contribution in [3.8, 4) is 11.8 Å². The molecular formula is C24H17ClN6O2S. The monoisotopic (exact) mass is 488 g/mol. The smallest absolute Gasteiger partial charge is 0.261 e. The van der Waals surface area contributed by atoms with Gasteiger partial charge >= 0.3 is 0 Å². The summed E-state index contributed by atoms with van der Waals surface area (Å²) in [6, 6.07) is 20.5. The summed E-state index contributed by atoms with van der Waals surface area (Å²) in [7, 11) is -3.94. The van der Waals surface area contributed by atoms with Crippen molar-refractivity contribution < 1.29 is 8.42 Å². The van der Waals surface area contributed by atoms with Crippen molar-refractivity contribution >= 4 is 55.3 Å². The molecule has 168 valence electrons. The Morgan fingerprint density at radius 1 is 1.03 bits per heavy atom. The van der Waals surface area contributed by atoms with Crippen LogP contribution in [0, 0.1) is 18.3 Å². The molecule has 0 unspecified atom stereocenters. The van der Waals surface area contributed by atoms with Gasteiger partial charge in [0, 0.05) is 5.02 Å². The number of nitriles is 1. The normalized spacial score (nSPS) is 11.6. The zero-order chi connectivity index (χ0) is 24.0. The summed E-state index contributed by atoms with van der Waals surface area (Å²) >= 11 is 5.98. The van der Waals surface area contributed by atoms with Crippen molar-refractivity contribution in [3.63, 3.8) is 0 Å². The molecule has 0 saturated carbocycles. The number of halogens is 1. The molecule has 10 heteroatoms. The molecule has 0 spiro atoms. The van der Waals surface area contributed by atoms with Crippen LogP contribution in [0.2, 0.25) is 5.02 Å². The highest BCUT2D eigenvalue weighted by Gasteiger charge is 2.23. The van der Waals surface area contributed by atoms with Crippen molar-refractivity contribution in [1.29, 1.82) is 5.26 Å². The van der Waals surface area contributed by atoms with Crippen molar-refractivity contribution in [2.24, 2.45) is 0 Å². The molecule has 0 saturated heterocycles. The average molecular weight is 489 g/mol. The number of rotatable bonds is 4. The van der Waals surface area contributed by atoms with Crippen LogP contribution in [0.3, 0.4) is 0 Å². The number of nitrogen functional groups attached to an aromatic ring is 1. The second-order valence-corrected chi connectivity index (χ2v) is 9.77. The SMILES string of the molecule is Cc1ccc(S(=O)(=O)Nc2cccc(Cl)c2)cc1-n1c(N)c(C#N)c2nc3ccccc3nc21. The molecule has 0 atom stereocenters. The molecular weight excluding hydrogens is 472 g/mol. The van der Waals surface area contributed by atoms with Gasteiger partial charge in [0.15, 0.2) is 5.65 Å². The summed E-state index contributed by atoms with van der Waals surface area (Å²) in [6.07, 6.45) is 0. The number of nitrogens with one attached hydrogen (secondary N) is 1. The first-order valence-corrected chi connectivity index (χ1v) is 12.0. The molecule has 0 bridgehead atoms. The third kappa shape index (κ3) is 3.59. The van der Waals surface area contributed by atoms with Gasteiger partial charge in [-0.15, -0.1) is 0 Å². The topological polar surface area (TPSA) is 127 Å². The summed E-state index contributed by atoms with van der Waals surface area (Å²) in [5, 5.41) is 10.2. The lowest BCUT2D eigenvalue weighted by Gasteiger charge is -2.14. The van der Waals surface area contributed by atoms with Crippen molar-refractivity contribution in [3.05, 3.63) is 82.9 Å². The van der Waals surface area contributed by atoms with Crippen LogP contribution in [-0.4, -0.2) is 23.0 Å². The van der Waals surface area contributed by atoms with Gasteiger partial charge in [0.2, 0.25) is 0 Å². The lowest BCUT2D eigenvalue weighted by molar-refractivity contribution is 0.601. The molecule has 2 heterocycles. The van der Waals surface area contributed by atoms with Crippen LogP contribution >= 0.6 is 11.6 Å². The van der Waals surface area contributed by atoms with E-state index in [1.54, 1.807) is 34.9 Å². The van der Waals surface area contributed by atoms with E-state index in [0.717, 1.165) is 5.56 Å². The van der Waals surface area contributed by atoms with Gasteiger partial charge in [-0.05, 0) is 55.0 Å². The van der Waals surface area contributed by atoms with Gasteiger partial charge in [-0.1, -0.05) is 35.9 Å². The van der Waals surface area contributed by atoms with E-state index in [0.29, 0.717) is 38.6 Å². The third-order valence-corrected chi connectivity index (χ3v) is 7.03. The van der Waals surface area contributed by atoms with Crippen LogP contribution in [0.5, 0.6) is 0 Å². The molecule has 2 aromatic heterocycles. The highest BCUT2D eigenvalue weighted by molar-refractivity contribution is 7.92. The predicted molar refractivity (Wildman–Crippen MR) is 132 cm³/mol. The molecule has 0 aliphatic carbocycles. The number of fused-ring (bicyclic) bond motifs is 2. The Morgan fingerprint density at radius 2 is 1.76 bits per heavy atom. The number of nitrogens with two attached hydrogens (primary N) is 1. The minimum atomic E-state index is -3.94. The first-order chi connectivity index (χ1) is 16.3. The second kappa shape index (κ2) is 8.02. The maximum absolute atomic E-state index is 13.1. The van der Waals surface area contributed by atoms with Gasteiger partial charge < -0.3 is 5.73 Å². The van der Waals surface area contributed by atoms with Crippen LogP contribution in [-0.2, 0) is 10.0 Å². The van der Waals surface area contributed by atoms with E-state index >= 15 is 0 Å². The standard InChI is InChI=1S/C24H17ClN6O2S/c1-14-9-10-17(34(32,33)30-16-6-4-5-15(25)11-16)12-21(14)31-23(27)18(13-26)22-24(31)29-20-8-3-2-7-19(20)28-22/h2-12,30H,27H2,1H3. The fraction of sp³-hybridized carbons (Fsp3) is 0.0417. The Labute approximate surface area is 200 Å². The summed E-state index contributed by atoms with van der Waals surface area (Å²) < 4.78 is 30.3. The Morgan fingerprint density at radius 3 is 2.47 bits per heavy atom. The fourth-order valence-electron chi connectivity index (χ4n) is 3.78. The van der Waals surface area contributed by atoms with Gasteiger partial charge in [-0.2, -0.15) is 5.26 Å². The molecule has 0 amide bonds. The van der Waals surface area contributed by atoms with Crippen LogP contribution in [0.15, 0.2) is 71.6 Å². The number of para-hydroxylation sites is 2. The van der Waals surface area contributed by atoms with E-state index in [9.17, 15) is 13.7 Å². The minimum absolute atomic E-state index is 0.0154. The molecule has 8 nitrogen and oxygen atoms in total. The molecule has 5 aromatic rings. The van der Waals surface area contributed by atoms with Gasteiger partial charge in [0.25, 0.3) is 10.0 Å². The summed E-state index contributed by atoms with van der Waals surface area (Å²) in [6.45, 7) is 1.82. The molecule has 34 heavy (non-hydrogen) atoms. The zero-order valence-corrected chi connectivity index (χ0v) is 19.4. The van der Waals surface area contributed by atoms with Gasteiger partial charge in [-0.3, -0.25) is 9.29 Å². The van der Waals surface area contributed by atoms with Crippen molar-refractivity contribution in [2.45, 2.75) is 11.8 Å². The molecule has 0 fully saturated rings. The molecule has 0 aliphatic heterocycles. The van der Waals surface area contributed by atoms with Crippen molar-refractivity contribution in [1.82, 2.24) is 14.5 Å². The van der Waals surface area contributed by atoms with E-state index < -0.39 is 10.0 Å². The first kappa shape index (κ1) is 21.7. The lowest BCUT2D eigenvalue weighted by atomic mass is 10.2. The Balaban J connectivity index is 1.71. The quantitative estimate of drug-likeness (QED) is 0.374. The van der Waals surface area contributed by atoms with E-state index in [-0.39, 0.29) is 16.3 Å². The Bertz CT molecular complexity index is 1760. The van der Waals surface area contributed by atoms with Gasteiger partial charge in [0.05, 0.1) is 27.3 Å². The number of aryl methyl sites for hydroxylation is 1. The predicted octanol–water partition coefficient (Wildman–Crippen LogP) is 4.79. The van der Waals surface area contributed by atoms with Crippen LogP contribution in [0.4, 0.5) is 11.5 Å². The highest BCUT2D eigenvalue weighted by Crippen LogP contribution is 2.33. The van der Waals surface area contributed by atoms with Crippen molar-refractivity contribution in [2.75, 3.05) is 10.5 Å². The van der Waals surface area contributed by atoms with E-state index in [4.69, 9.17) is 17.3 Å². The highest BCUT2D eigenvalue weighted by atomic mass is 35.5. The van der Waals surface area contributed by atoms with Crippen LogP contribution < -0.4 is 10.5 Å². The number of benzene rings is 3. The molecule has 5 rings (SSSR count). The molecule has 0 aliphatic rings.